The molecule has 0 spiro atoms. The number of carboxylic acid groups (broad SMARTS) is 2. The summed E-state index contributed by atoms with van der Waals surface area (Å²) in [6.07, 6.45) is 9.41. The van der Waals surface area contributed by atoms with E-state index in [0.29, 0.717) is 10.5 Å². The Morgan fingerprint density at radius 1 is 0.957 bits per heavy atom. The van der Waals surface area contributed by atoms with Gasteiger partial charge in [-0.2, -0.15) is 4.31 Å². The van der Waals surface area contributed by atoms with Crippen molar-refractivity contribution in [2.75, 3.05) is 0 Å². The lowest BCUT2D eigenvalue weighted by atomic mass is 10.1. The number of aromatic carboxylic acids is 1. The fraction of sp³-hybridized carbons (Fsp3) is 0.324. The molecule has 0 aliphatic heterocycles. The van der Waals surface area contributed by atoms with Crippen molar-refractivity contribution in [1.82, 2.24) is 9.29 Å². The van der Waals surface area contributed by atoms with E-state index in [4.69, 9.17) is 11.6 Å². The van der Waals surface area contributed by atoms with Crippen LogP contribution in [0.5, 0.6) is 0 Å². The van der Waals surface area contributed by atoms with Crippen LogP contribution in [0.15, 0.2) is 113 Å². The molecule has 0 radical (unpaired) electrons. The number of carboxylic acids is 2. The van der Waals surface area contributed by atoms with E-state index >= 15 is 0 Å². The Bertz CT molecular complexity index is 1500. The van der Waals surface area contributed by atoms with E-state index in [1.807, 2.05) is 122 Å². The Kier molecular flexibility index (Phi) is 17.7. The lowest BCUT2D eigenvalue weighted by Crippen LogP contribution is -2.45. The van der Waals surface area contributed by atoms with E-state index in [1.54, 1.807) is 24.3 Å². The largest absolute Gasteiger partial charge is 0.480 e. The predicted molar refractivity (Wildman–Crippen MR) is 189 cm³/mol. The minimum Gasteiger partial charge on any atom is -0.480 e. The zero-order valence-corrected chi connectivity index (χ0v) is 29.6. The van der Waals surface area contributed by atoms with Crippen molar-refractivity contribution in [2.24, 2.45) is 0 Å². The molecule has 1 aliphatic rings. The maximum Gasteiger partial charge on any atom is 0.354 e. The molecule has 1 saturated carbocycles. The van der Waals surface area contributed by atoms with Gasteiger partial charge in [-0.15, -0.1) is 0 Å². The number of carbonyl (C=O) groups is 2. The first-order valence-electron chi connectivity index (χ1n) is 15.4. The molecule has 3 aromatic rings. The SMILES string of the molecule is CC.CC.C\C=C(C)/C=C\C(Cl)=C/C.Cc1ccc(S(=O)N(Cc2cccnc2C(=O)O)C2(C(=O)O)CC2c2ccccc2)cc1. The van der Waals surface area contributed by atoms with Gasteiger partial charge in [0, 0.05) is 29.3 Å². The average Bonchev–Trinajstić information content (AvgIpc) is 3.85. The van der Waals surface area contributed by atoms with Crippen LogP contribution >= 0.6 is 11.6 Å². The molecular formula is C37H47ClN2O5S. The molecule has 7 nitrogen and oxygen atoms in total. The number of allylic oxidation sites excluding steroid dienone is 6. The van der Waals surface area contributed by atoms with Crippen molar-refractivity contribution >= 4 is 34.5 Å². The molecule has 46 heavy (non-hydrogen) atoms. The molecule has 0 saturated heterocycles. The van der Waals surface area contributed by atoms with Crippen LogP contribution in [0.3, 0.4) is 0 Å². The quantitative estimate of drug-likeness (QED) is 0.209. The zero-order chi connectivity index (χ0) is 34.9. The van der Waals surface area contributed by atoms with Crippen LogP contribution in [-0.4, -0.2) is 41.2 Å². The Hall–Kier alpha value is -3.85. The van der Waals surface area contributed by atoms with Crippen molar-refractivity contribution in [2.45, 2.75) is 84.7 Å². The van der Waals surface area contributed by atoms with Crippen LogP contribution in [-0.2, 0) is 22.3 Å². The summed E-state index contributed by atoms with van der Waals surface area (Å²) in [5.74, 6) is -2.69. The zero-order valence-electron chi connectivity index (χ0n) is 28.0. The maximum atomic E-state index is 13.7. The van der Waals surface area contributed by atoms with Gasteiger partial charge in [-0.25, -0.2) is 14.0 Å². The normalized spacial score (nSPS) is 17.8. The van der Waals surface area contributed by atoms with Crippen LogP contribution in [0, 0.1) is 6.92 Å². The van der Waals surface area contributed by atoms with Gasteiger partial charge in [0.2, 0.25) is 0 Å². The second-order valence-electron chi connectivity index (χ2n) is 9.85. The first kappa shape index (κ1) is 40.2. The highest BCUT2D eigenvalue weighted by atomic mass is 35.5. The minimum absolute atomic E-state index is 0.133. The number of benzene rings is 2. The molecule has 2 N–H and O–H groups in total. The summed E-state index contributed by atoms with van der Waals surface area (Å²) in [7, 11) is -1.84. The molecule has 248 valence electrons. The fourth-order valence-electron chi connectivity index (χ4n) is 4.40. The Labute approximate surface area is 281 Å². The van der Waals surface area contributed by atoms with Gasteiger partial charge < -0.3 is 10.2 Å². The molecule has 2 aromatic carbocycles. The molecule has 1 heterocycles. The van der Waals surface area contributed by atoms with Crippen LogP contribution < -0.4 is 0 Å². The number of pyridine rings is 1. The number of nitrogens with zero attached hydrogens (tertiary/aromatic N) is 2. The summed E-state index contributed by atoms with van der Waals surface area (Å²) in [6, 6.07) is 19.4. The Balaban J connectivity index is 0.000000643. The standard InChI is InChI=1S/C24H22N2O5S.C9H13Cl.2C2H6/c1-16-9-11-19(12-10-16)32(31)26(15-18-8-5-13-25-21(18)22(27)28)24(23(29)30)14-20(24)17-6-3-2-4-7-17;1-4-8(3)6-7-9(10)5-2;2*1-2/h2-13,20H,14-15H2,1H3,(H,27,28)(H,29,30);4-7H,1-3H3;2*1-2H3/b;7-6-,8-4-,9-5+;;. The van der Waals surface area contributed by atoms with Crippen LogP contribution in [0.1, 0.15) is 88.0 Å². The van der Waals surface area contributed by atoms with Crippen molar-refractivity contribution in [3.63, 3.8) is 0 Å². The smallest absolute Gasteiger partial charge is 0.354 e. The third-order valence-corrected chi connectivity index (χ3v) is 8.89. The third-order valence-electron chi connectivity index (χ3n) is 7.02. The molecule has 3 unspecified atom stereocenters. The summed E-state index contributed by atoms with van der Waals surface area (Å²) in [6.45, 7) is 15.7. The lowest BCUT2D eigenvalue weighted by Gasteiger charge is -2.29. The van der Waals surface area contributed by atoms with Gasteiger partial charge >= 0.3 is 11.9 Å². The van der Waals surface area contributed by atoms with Crippen molar-refractivity contribution < 1.29 is 24.0 Å². The number of aryl methyl sites for hydroxylation is 1. The first-order chi connectivity index (χ1) is 22.0. The lowest BCUT2D eigenvalue weighted by molar-refractivity contribution is -0.143. The molecular weight excluding hydrogens is 620 g/mol. The molecule has 0 bridgehead atoms. The summed E-state index contributed by atoms with van der Waals surface area (Å²) >= 11 is 5.71. The van der Waals surface area contributed by atoms with Gasteiger partial charge in [0.05, 0.1) is 4.90 Å². The second kappa shape index (κ2) is 20.3. The number of hydrogen-bond donors (Lipinski definition) is 2. The second-order valence-corrected chi connectivity index (χ2v) is 11.7. The highest BCUT2D eigenvalue weighted by Gasteiger charge is 2.66. The number of aliphatic carboxylic acids is 1. The predicted octanol–water partition coefficient (Wildman–Crippen LogP) is 9.33. The minimum atomic E-state index is -1.84. The van der Waals surface area contributed by atoms with Gasteiger partial charge in [0.25, 0.3) is 0 Å². The van der Waals surface area contributed by atoms with Gasteiger partial charge in [-0.3, -0.25) is 4.79 Å². The van der Waals surface area contributed by atoms with Crippen LogP contribution in [0.4, 0.5) is 0 Å². The fourth-order valence-corrected chi connectivity index (χ4v) is 5.91. The van der Waals surface area contributed by atoms with E-state index in [0.717, 1.165) is 16.2 Å². The molecule has 1 fully saturated rings. The van der Waals surface area contributed by atoms with E-state index in [2.05, 4.69) is 4.98 Å². The van der Waals surface area contributed by atoms with Crippen LogP contribution in [0.2, 0.25) is 0 Å². The highest BCUT2D eigenvalue weighted by molar-refractivity contribution is 7.82. The van der Waals surface area contributed by atoms with Gasteiger partial charge in [-0.05, 0) is 64.0 Å². The highest BCUT2D eigenvalue weighted by Crippen LogP contribution is 2.57. The van der Waals surface area contributed by atoms with Crippen molar-refractivity contribution in [1.29, 1.82) is 0 Å². The molecule has 1 aromatic heterocycles. The number of halogens is 1. The van der Waals surface area contributed by atoms with Crippen LogP contribution in [0.25, 0.3) is 0 Å². The van der Waals surface area contributed by atoms with E-state index in [-0.39, 0.29) is 24.6 Å². The summed E-state index contributed by atoms with van der Waals surface area (Å²) in [5.41, 5.74) is 1.74. The Morgan fingerprint density at radius 3 is 2.09 bits per heavy atom. The molecule has 4 rings (SSSR count). The monoisotopic (exact) mass is 666 g/mol. The number of hydrogen-bond acceptors (Lipinski definition) is 4. The average molecular weight is 667 g/mol. The topological polar surface area (TPSA) is 108 Å². The first-order valence-corrected chi connectivity index (χ1v) is 16.9. The maximum absolute atomic E-state index is 13.7. The Morgan fingerprint density at radius 2 is 1.57 bits per heavy atom. The summed E-state index contributed by atoms with van der Waals surface area (Å²) in [5, 5.41) is 20.6. The van der Waals surface area contributed by atoms with Crippen molar-refractivity contribution in [3.05, 3.63) is 130 Å². The van der Waals surface area contributed by atoms with Gasteiger partial charge in [-0.1, -0.05) is 117 Å². The van der Waals surface area contributed by atoms with Crippen molar-refractivity contribution in [3.8, 4) is 0 Å². The molecule has 9 heteroatoms. The van der Waals surface area contributed by atoms with E-state index < -0.39 is 28.5 Å². The number of aromatic nitrogens is 1. The van der Waals surface area contributed by atoms with Gasteiger partial charge in [0.1, 0.15) is 16.5 Å². The van der Waals surface area contributed by atoms with E-state index in [1.165, 1.54) is 16.1 Å². The molecule has 0 amide bonds. The van der Waals surface area contributed by atoms with E-state index in [9.17, 15) is 24.0 Å². The van der Waals surface area contributed by atoms with Gasteiger partial charge in [0.15, 0.2) is 5.69 Å². The molecule has 1 aliphatic carbocycles. The summed E-state index contributed by atoms with van der Waals surface area (Å²) < 4.78 is 15.1. The summed E-state index contributed by atoms with van der Waals surface area (Å²) in [4.78, 5) is 28.7. The number of rotatable bonds is 10. The molecule has 3 atom stereocenters. The third kappa shape index (κ3) is 10.9.